The molecule has 1 unspecified atom stereocenters. The highest BCUT2D eigenvalue weighted by atomic mass is 19.4. The normalized spacial score (nSPS) is 18.1. The van der Waals surface area contributed by atoms with Gasteiger partial charge in [-0.2, -0.15) is 0 Å². The Hall–Kier alpha value is -2.78. The van der Waals surface area contributed by atoms with Gasteiger partial charge in [-0.05, 0) is 38.5 Å². The number of rotatable bonds is 4. The van der Waals surface area contributed by atoms with Crippen molar-refractivity contribution in [3.05, 3.63) is 29.8 Å². The molecule has 0 saturated carbocycles. The molecule has 2 rings (SSSR count). The molecule has 7 nitrogen and oxygen atoms in total. The lowest BCUT2D eigenvalue weighted by molar-refractivity contribution is -0.274. The number of ether oxygens (including phenoxy) is 2. The standard InChI is InChI=1S/C17H19F3N2O5/c1-16(2,3)27-15(25)12-8-21-13(23)14(24)22(12)9-10-4-6-11(7-5-10)26-17(18,19)20/h4-7,12H,8-9H2,1-3H3,(H,21,23). The van der Waals surface area contributed by atoms with Gasteiger partial charge >= 0.3 is 24.1 Å². The summed E-state index contributed by atoms with van der Waals surface area (Å²) in [5.74, 6) is -2.90. The molecule has 10 heteroatoms. The summed E-state index contributed by atoms with van der Waals surface area (Å²) in [6.07, 6.45) is -4.82. The van der Waals surface area contributed by atoms with E-state index in [0.29, 0.717) is 5.56 Å². The summed E-state index contributed by atoms with van der Waals surface area (Å²) >= 11 is 0. The number of hydrogen-bond donors (Lipinski definition) is 1. The maximum Gasteiger partial charge on any atom is 0.573 e. The van der Waals surface area contributed by atoms with Gasteiger partial charge in [-0.1, -0.05) is 12.1 Å². The summed E-state index contributed by atoms with van der Waals surface area (Å²) in [5.41, 5.74) is -0.370. The number of nitrogens with zero attached hydrogens (tertiary/aromatic N) is 1. The van der Waals surface area contributed by atoms with Gasteiger partial charge in [-0.15, -0.1) is 13.2 Å². The van der Waals surface area contributed by atoms with E-state index in [0.717, 1.165) is 17.0 Å². The summed E-state index contributed by atoms with van der Waals surface area (Å²) in [5, 5.41) is 2.32. The Labute approximate surface area is 153 Å². The van der Waals surface area contributed by atoms with Crippen LogP contribution in [0.25, 0.3) is 0 Å². The van der Waals surface area contributed by atoms with Crippen molar-refractivity contribution in [2.75, 3.05) is 6.54 Å². The molecule has 1 aliphatic heterocycles. The number of alkyl halides is 3. The number of hydrogen-bond acceptors (Lipinski definition) is 5. The van der Waals surface area contributed by atoms with Gasteiger partial charge in [0.2, 0.25) is 0 Å². The number of carbonyl (C=O) groups is 3. The maximum atomic E-state index is 12.4. The number of piperazine rings is 1. The molecule has 0 bridgehead atoms. The van der Waals surface area contributed by atoms with Crippen molar-refractivity contribution in [1.29, 1.82) is 0 Å². The monoisotopic (exact) mass is 388 g/mol. The van der Waals surface area contributed by atoms with E-state index in [-0.39, 0.29) is 13.1 Å². The molecule has 2 amide bonds. The predicted molar refractivity (Wildman–Crippen MR) is 86.3 cm³/mol. The third-order valence-corrected chi connectivity index (χ3v) is 3.48. The van der Waals surface area contributed by atoms with Crippen LogP contribution in [0.3, 0.4) is 0 Å². The van der Waals surface area contributed by atoms with Crippen LogP contribution in [0.2, 0.25) is 0 Å². The molecule has 27 heavy (non-hydrogen) atoms. The molecule has 1 atom stereocenters. The molecule has 0 aliphatic carbocycles. The maximum absolute atomic E-state index is 12.4. The van der Waals surface area contributed by atoms with Gasteiger partial charge in [0, 0.05) is 13.1 Å². The van der Waals surface area contributed by atoms with E-state index in [1.165, 1.54) is 12.1 Å². The van der Waals surface area contributed by atoms with Gasteiger partial charge in [-0.25, -0.2) is 4.79 Å². The largest absolute Gasteiger partial charge is 0.573 e. The fourth-order valence-corrected chi connectivity index (χ4v) is 2.40. The summed E-state index contributed by atoms with van der Waals surface area (Å²) in [6, 6.07) is 3.75. The number of nitrogens with one attached hydrogen (secondary N) is 1. The van der Waals surface area contributed by atoms with Crippen LogP contribution in [0.1, 0.15) is 26.3 Å². The zero-order chi connectivity index (χ0) is 20.4. The first-order valence-corrected chi connectivity index (χ1v) is 8.02. The average molecular weight is 388 g/mol. The van der Waals surface area contributed by atoms with E-state index < -0.39 is 41.5 Å². The second-order valence-corrected chi connectivity index (χ2v) is 6.88. The summed E-state index contributed by atoms with van der Waals surface area (Å²) in [7, 11) is 0. The van der Waals surface area contributed by atoms with Crippen molar-refractivity contribution >= 4 is 17.8 Å². The van der Waals surface area contributed by atoms with Gasteiger partial charge in [0.05, 0.1) is 0 Å². The summed E-state index contributed by atoms with van der Waals surface area (Å²) < 4.78 is 45.7. The highest BCUT2D eigenvalue weighted by molar-refractivity contribution is 6.36. The van der Waals surface area contributed by atoms with Crippen LogP contribution in [0.4, 0.5) is 13.2 Å². The van der Waals surface area contributed by atoms with Crippen molar-refractivity contribution in [2.24, 2.45) is 0 Å². The van der Waals surface area contributed by atoms with Crippen molar-refractivity contribution in [3.8, 4) is 5.75 Å². The van der Waals surface area contributed by atoms with Gasteiger partial charge in [0.15, 0.2) is 0 Å². The number of esters is 1. The SMILES string of the molecule is CC(C)(C)OC(=O)C1CNC(=O)C(=O)N1Cc1ccc(OC(F)(F)F)cc1. The molecule has 0 radical (unpaired) electrons. The molecule has 1 heterocycles. The lowest BCUT2D eigenvalue weighted by Crippen LogP contribution is -2.61. The first-order valence-electron chi connectivity index (χ1n) is 8.02. The Morgan fingerprint density at radius 3 is 2.30 bits per heavy atom. The lowest BCUT2D eigenvalue weighted by atomic mass is 10.1. The van der Waals surface area contributed by atoms with Crippen LogP contribution in [-0.2, 0) is 25.7 Å². The van der Waals surface area contributed by atoms with Crippen LogP contribution in [-0.4, -0.2) is 47.2 Å². The van der Waals surface area contributed by atoms with Crippen LogP contribution in [0.5, 0.6) is 5.75 Å². The van der Waals surface area contributed by atoms with Crippen LogP contribution < -0.4 is 10.1 Å². The highest BCUT2D eigenvalue weighted by Crippen LogP contribution is 2.24. The van der Waals surface area contributed by atoms with Gasteiger partial charge in [-0.3, -0.25) is 9.59 Å². The lowest BCUT2D eigenvalue weighted by Gasteiger charge is -2.35. The van der Waals surface area contributed by atoms with Crippen LogP contribution >= 0.6 is 0 Å². The van der Waals surface area contributed by atoms with Crippen molar-refractivity contribution in [3.63, 3.8) is 0 Å². The fourth-order valence-electron chi connectivity index (χ4n) is 2.40. The molecule has 0 spiro atoms. The fraction of sp³-hybridized carbons (Fsp3) is 0.471. The topological polar surface area (TPSA) is 84.9 Å². The van der Waals surface area contributed by atoms with Crippen molar-refractivity contribution in [1.82, 2.24) is 10.2 Å². The predicted octanol–water partition coefficient (Wildman–Crippen LogP) is 1.75. The molecule has 1 aromatic carbocycles. The Balaban J connectivity index is 2.17. The minimum Gasteiger partial charge on any atom is -0.458 e. The van der Waals surface area contributed by atoms with Crippen LogP contribution in [0, 0.1) is 0 Å². The Kier molecular flexibility index (Phi) is 5.67. The van der Waals surface area contributed by atoms with E-state index in [4.69, 9.17) is 4.74 Å². The molecular weight excluding hydrogens is 369 g/mol. The summed E-state index contributed by atoms with van der Waals surface area (Å²) in [6.45, 7) is 4.73. The third-order valence-electron chi connectivity index (χ3n) is 3.48. The molecule has 1 fully saturated rings. The molecule has 1 aliphatic rings. The van der Waals surface area contributed by atoms with Gasteiger partial charge in [0.1, 0.15) is 17.4 Å². The first kappa shape index (κ1) is 20.5. The molecule has 1 saturated heterocycles. The number of carbonyl (C=O) groups excluding carboxylic acids is 3. The van der Waals surface area contributed by atoms with E-state index in [1.807, 2.05) is 0 Å². The minimum absolute atomic E-state index is 0.116. The first-order chi connectivity index (χ1) is 12.4. The number of benzene rings is 1. The second kappa shape index (κ2) is 7.45. The second-order valence-electron chi connectivity index (χ2n) is 6.88. The molecule has 0 aromatic heterocycles. The molecular formula is C17H19F3N2O5. The van der Waals surface area contributed by atoms with Crippen LogP contribution in [0.15, 0.2) is 24.3 Å². The van der Waals surface area contributed by atoms with Crippen molar-refractivity contribution < 1.29 is 37.0 Å². The number of halogens is 3. The quantitative estimate of drug-likeness (QED) is 0.628. The zero-order valence-electron chi connectivity index (χ0n) is 14.9. The minimum atomic E-state index is -4.82. The smallest absolute Gasteiger partial charge is 0.458 e. The molecule has 1 N–H and O–H groups in total. The third kappa shape index (κ3) is 5.87. The van der Waals surface area contributed by atoms with Crippen molar-refractivity contribution in [2.45, 2.75) is 45.3 Å². The summed E-state index contributed by atoms with van der Waals surface area (Å²) in [4.78, 5) is 37.3. The average Bonchev–Trinajstić information content (AvgIpc) is 2.50. The van der Waals surface area contributed by atoms with E-state index in [9.17, 15) is 27.6 Å². The molecule has 148 valence electrons. The molecule has 1 aromatic rings. The number of amides is 2. The van der Waals surface area contributed by atoms with E-state index >= 15 is 0 Å². The Morgan fingerprint density at radius 2 is 1.78 bits per heavy atom. The zero-order valence-corrected chi connectivity index (χ0v) is 14.9. The Morgan fingerprint density at radius 1 is 1.19 bits per heavy atom. The van der Waals surface area contributed by atoms with Gasteiger partial charge in [0.25, 0.3) is 0 Å². The Bertz CT molecular complexity index is 726. The highest BCUT2D eigenvalue weighted by Gasteiger charge is 2.40. The van der Waals surface area contributed by atoms with E-state index in [1.54, 1.807) is 20.8 Å². The van der Waals surface area contributed by atoms with Gasteiger partial charge < -0.3 is 19.7 Å². The van der Waals surface area contributed by atoms with E-state index in [2.05, 4.69) is 10.1 Å².